The van der Waals surface area contributed by atoms with Crippen molar-refractivity contribution in [1.82, 2.24) is 20.5 Å². The predicted molar refractivity (Wildman–Crippen MR) is 92.7 cm³/mol. The summed E-state index contributed by atoms with van der Waals surface area (Å²) in [5, 5.41) is 5.59. The van der Waals surface area contributed by atoms with Crippen LogP contribution < -0.4 is 10.6 Å². The molecule has 0 radical (unpaired) electrons. The first-order chi connectivity index (χ1) is 12.2. The highest BCUT2D eigenvalue weighted by Gasteiger charge is 2.13. The lowest BCUT2D eigenvalue weighted by molar-refractivity contribution is 0.0383. The molecule has 1 aromatic heterocycles. The van der Waals surface area contributed by atoms with Gasteiger partial charge in [0.2, 0.25) is 0 Å². The highest BCUT2D eigenvalue weighted by molar-refractivity contribution is 5.96. The fraction of sp³-hybridized carbons (Fsp3) is 0.588. The number of nitrogens with one attached hydrogen (secondary N) is 2. The van der Waals surface area contributed by atoms with Gasteiger partial charge in [-0.3, -0.25) is 14.5 Å². The largest absolute Gasteiger partial charge is 0.385 e. The maximum absolute atomic E-state index is 12.2. The summed E-state index contributed by atoms with van der Waals surface area (Å²) in [6, 6.07) is 4.86. The lowest BCUT2D eigenvalue weighted by Gasteiger charge is -2.26. The second kappa shape index (κ2) is 10.8. The number of hydrogen-bond donors (Lipinski definition) is 2. The Kier molecular flexibility index (Phi) is 8.30. The zero-order valence-corrected chi connectivity index (χ0v) is 14.6. The van der Waals surface area contributed by atoms with Crippen LogP contribution in [0.1, 0.15) is 27.4 Å². The number of ether oxygens (including phenoxy) is 2. The predicted octanol–water partition coefficient (Wildman–Crippen LogP) is -0.0901. The van der Waals surface area contributed by atoms with Gasteiger partial charge in [-0.05, 0) is 18.6 Å². The molecule has 0 aromatic carbocycles. The molecular formula is C17H26N4O4. The molecule has 1 aliphatic rings. The minimum Gasteiger partial charge on any atom is -0.385 e. The van der Waals surface area contributed by atoms with Crippen molar-refractivity contribution < 1.29 is 19.1 Å². The Morgan fingerprint density at radius 1 is 1.16 bits per heavy atom. The van der Waals surface area contributed by atoms with Crippen molar-refractivity contribution in [1.29, 1.82) is 0 Å². The molecule has 1 aliphatic heterocycles. The van der Waals surface area contributed by atoms with E-state index in [0.717, 1.165) is 39.3 Å². The fourth-order valence-corrected chi connectivity index (χ4v) is 2.44. The highest BCUT2D eigenvalue weighted by Crippen LogP contribution is 2.01. The van der Waals surface area contributed by atoms with Gasteiger partial charge in [0.25, 0.3) is 11.8 Å². The average molecular weight is 350 g/mol. The van der Waals surface area contributed by atoms with Gasteiger partial charge in [0.15, 0.2) is 0 Å². The van der Waals surface area contributed by atoms with E-state index in [1.165, 1.54) is 0 Å². The van der Waals surface area contributed by atoms with Crippen molar-refractivity contribution >= 4 is 11.8 Å². The van der Waals surface area contributed by atoms with Gasteiger partial charge < -0.3 is 20.1 Å². The van der Waals surface area contributed by atoms with Crippen LogP contribution in [0.4, 0.5) is 0 Å². The number of amides is 2. The SMILES string of the molecule is COCCCNC(=O)c1cccc(C(=O)NCCN2CCOCC2)n1. The van der Waals surface area contributed by atoms with Crippen molar-refractivity contribution in [2.24, 2.45) is 0 Å². The molecule has 0 unspecified atom stereocenters. The molecular weight excluding hydrogens is 324 g/mol. The zero-order valence-electron chi connectivity index (χ0n) is 14.6. The third-order valence-corrected chi connectivity index (χ3v) is 3.84. The number of carbonyl (C=O) groups excluding carboxylic acids is 2. The van der Waals surface area contributed by atoms with Crippen LogP contribution in [-0.2, 0) is 9.47 Å². The smallest absolute Gasteiger partial charge is 0.269 e. The standard InChI is InChI=1S/C17H26N4O4/c1-24-11-3-6-18-16(22)14-4-2-5-15(20-14)17(23)19-7-8-21-9-12-25-13-10-21/h2,4-5H,3,6-13H2,1H3,(H,18,22)(H,19,23). The second-order valence-corrected chi connectivity index (χ2v) is 5.72. The number of carbonyl (C=O) groups is 2. The van der Waals surface area contributed by atoms with E-state index in [2.05, 4.69) is 20.5 Å². The Morgan fingerprint density at radius 2 is 1.80 bits per heavy atom. The molecule has 0 saturated carbocycles. The Hall–Kier alpha value is -2.03. The van der Waals surface area contributed by atoms with E-state index in [9.17, 15) is 9.59 Å². The Morgan fingerprint density at radius 3 is 2.44 bits per heavy atom. The molecule has 0 spiro atoms. The van der Waals surface area contributed by atoms with E-state index in [1.807, 2.05) is 0 Å². The Balaban J connectivity index is 1.78. The molecule has 25 heavy (non-hydrogen) atoms. The zero-order chi connectivity index (χ0) is 17.9. The first-order valence-corrected chi connectivity index (χ1v) is 8.53. The number of hydrogen-bond acceptors (Lipinski definition) is 6. The average Bonchev–Trinajstić information content (AvgIpc) is 2.66. The van der Waals surface area contributed by atoms with Crippen LogP contribution in [0.5, 0.6) is 0 Å². The maximum Gasteiger partial charge on any atom is 0.269 e. The van der Waals surface area contributed by atoms with Gasteiger partial charge in [0, 0.05) is 46.4 Å². The lowest BCUT2D eigenvalue weighted by Crippen LogP contribution is -2.41. The normalized spacial score (nSPS) is 14.9. The molecule has 2 N–H and O–H groups in total. The van der Waals surface area contributed by atoms with Crippen molar-refractivity contribution in [2.45, 2.75) is 6.42 Å². The molecule has 1 saturated heterocycles. The van der Waals surface area contributed by atoms with Crippen LogP contribution in [0.2, 0.25) is 0 Å². The third kappa shape index (κ3) is 6.77. The van der Waals surface area contributed by atoms with Crippen LogP contribution in [0.15, 0.2) is 18.2 Å². The van der Waals surface area contributed by atoms with E-state index in [1.54, 1.807) is 25.3 Å². The summed E-state index contributed by atoms with van der Waals surface area (Å²) in [5.41, 5.74) is 0.477. The molecule has 2 rings (SSSR count). The summed E-state index contributed by atoms with van der Waals surface area (Å²) in [6.45, 7) is 5.63. The van der Waals surface area contributed by atoms with Gasteiger partial charge in [-0.2, -0.15) is 0 Å². The molecule has 2 amide bonds. The van der Waals surface area contributed by atoms with Crippen LogP contribution in [-0.4, -0.2) is 81.4 Å². The van der Waals surface area contributed by atoms with Crippen LogP contribution in [0.3, 0.4) is 0 Å². The van der Waals surface area contributed by atoms with Gasteiger partial charge in [-0.1, -0.05) is 6.07 Å². The quantitative estimate of drug-likeness (QED) is 0.605. The molecule has 8 heteroatoms. The van der Waals surface area contributed by atoms with Gasteiger partial charge in [-0.25, -0.2) is 4.98 Å². The molecule has 2 heterocycles. The monoisotopic (exact) mass is 350 g/mol. The maximum atomic E-state index is 12.2. The summed E-state index contributed by atoms with van der Waals surface area (Å²) in [7, 11) is 1.62. The number of pyridine rings is 1. The topological polar surface area (TPSA) is 92.8 Å². The van der Waals surface area contributed by atoms with Gasteiger partial charge in [0.05, 0.1) is 13.2 Å². The van der Waals surface area contributed by atoms with E-state index < -0.39 is 0 Å². The summed E-state index contributed by atoms with van der Waals surface area (Å²) >= 11 is 0. The van der Waals surface area contributed by atoms with Gasteiger partial charge in [-0.15, -0.1) is 0 Å². The third-order valence-electron chi connectivity index (χ3n) is 3.84. The summed E-state index contributed by atoms with van der Waals surface area (Å²) < 4.78 is 10.2. The molecule has 0 atom stereocenters. The molecule has 1 fully saturated rings. The molecule has 1 aromatic rings. The van der Waals surface area contributed by atoms with Crippen LogP contribution in [0, 0.1) is 0 Å². The van der Waals surface area contributed by atoms with Crippen LogP contribution >= 0.6 is 0 Å². The summed E-state index contributed by atoms with van der Waals surface area (Å²) in [5.74, 6) is -0.568. The highest BCUT2D eigenvalue weighted by atomic mass is 16.5. The van der Waals surface area contributed by atoms with E-state index >= 15 is 0 Å². The van der Waals surface area contributed by atoms with Crippen molar-refractivity contribution in [2.75, 3.05) is 59.7 Å². The first-order valence-electron chi connectivity index (χ1n) is 8.53. The van der Waals surface area contributed by atoms with E-state index in [-0.39, 0.29) is 23.2 Å². The Bertz CT molecular complexity index is 561. The number of rotatable bonds is 9. The van der Waals surface area contributed by atoms with Gasteiger partial charge >= 0.3 is 0 Å². The summed E-state index contributed by atoms with van der Waals surface area (Å²) in [6.07, 6.45) is 0.726. The molecule has 8 nitrogen and oxygen atoms in total. The number of morpholine rings is 1. The molecule has 0 bridgehead atoms. The molecule has 0 aliphatic carbocycles. The summed E-state index contributed by atoms with van der Waals surface area (Å²) in [4.78, 5) is 30.6. The Labute approximate surface area is 147 Å². The molecule has 138 valence electrons. The van der Waals surface area contributed by atoms with Gasteiger partial charge in [0.1, 0.15) is 11.4 Å². The van der Waals surface area contributed by atoms with Crippen molar-refractivity contribution in [3.05, 3.63) is 29.6 Å². The lowest BCUT2D eigenvalue weighted by atomic mass is 10.2. The second-order valence-electron chi connectivity index (χ2n) is 5.72. The minimum atomic E-state index is -0.293. The number of methoxy groups -OCH3 is 1. The van der Waals surface area contributed by atoms with E-state index in [0.29, 0.717) is 19.7 Å². The number of nitrogens with zero attached hydrogens (tertiary/aromatic N) is 2. The van der Waals surface area contributed by atoms with Crippen molar-refractivity contribution in [3.63, 3.8) is 0 Å². The number of aromatic nitrogens is 1. The van der Waals surface area contributed by atoms with E-state index in [4.69, 9.17) is 9.47 Å². The fourth-order valence-electron chi connectivity index (χ4n) is 2.44. The van der Waals surface area contributed by atoms with Crippen LogP contribution in [0.25, 0.3) is 0 Å². The minimum absolute atomic E-state index is 0.234. The van der Waals surface area contributed by atoms with Crippen molar-refractivity contribution in [3.8, 4) is 0 Å². The first kappa shape index (κ1) is 19.3.